The van der Waals surface area contributed by atoms with Crippen LogP contribution in [0.3, 0.4) is 0 Å². The summed E-state index contributed by atoms with van der Waals surface area (Å²) in [5.74, 6) is 0.413. The summed E-state index contributed by atoms with van der Waals surface area (Å²) in [4.78, 5) is 0.0133. The van der Waals surface area contributed by atoms with Gasteiger partial charge in [0.25, 0.3) is 0 Å². The number of nitrogens with zero attached hydrogens (tertiary/aromatic N) is 1. The molecule has 2 aliphatic rings. The van der Waals surface area contributed by atoms with E-state index in [1.165, 1.54) is 34.1 Å². The average molecular weight is 449 g/mol. The van der Waals surface area contributed by atoms with E-state index in [0.29, 0.717) is 5.92 Å². The smallest absolute Gasteiger partial charge is 0.208 e. The van der Waals surface area contributed by atoms with Gasteiger partial charge in [-0.25, -0.2) is 21.6 Å². The predicted octanol–water partition coefficient (Wildman–Crippen LogP) is 3.60. The molecule has 1 N–H and O–H groups in total. The number of benzene rings is 2. The summed E-state index contributed by atoms with van der Waals surface area (Å²) in [5.41, 5.74) is 2.13. The lowest BCUT2D eigenvalue weighted by atomic mass is 10.0. The van der Waals surface area contributed by atoms with Gasteiger partial charge in [-0.15, -0.1) is 0 Å². The van der Waals surface area contributed by atoms with E-state index in [1.54, 1.807) is 0 Å². The van der Waals surface area contributed by atoms with Crippen LogP contribution in [0.1, 0.15) is 56.6 Å². The van der Waals surface area contributed by atoms with Crippen LogP contribution < -0.4 is 4.72 Å². The second-order valence-electron chi connectivity index (χ2n) is 8.55. The van der Waals surface area contributed by atoms with Gasteiger partial charge in [0, 0.05) is 18.6 Å². The van der Waals surface area contributed by atoms with Crippen LogP contribution in [0.4, 0.5) is 0 Å². The van der Waals surface area contributed by atoms with Crippen molar-refractivity contribution in [3.05, 3.63) is 59.7 Å². The van der Waals surface area contributed by atoms with Crippen molar-refractivity contribution >= 4 is 20.0 Å². The maximum Gasteiger partial charge on any atom is 0.243 e. The standard InChI is InChI=1S/C22H28N2O4S2/c1-16(2)18-8-6-17(7-9-18)15-24(20-12-13-20)30(27,28)22-5-3-4-21(14-22)29(25,26)23-19-10-11-19/h3-9,14,16,19-20,23H,10-13,15H2,1-2H3. The van der Waals surface area contributed by atoms with Gasteiger partial charge in [0.05, 0.1) is 9.79 Å². The van der Waals surface area contributed by atoms with Gasteiger partial charge in [0.2, 0.25) is 20.0 Å². The van der Waals surface area contributed by atoms with E-state index in [4.69, 9.17) is 0 Å². The molecule has 0 aliphatic heterocycles. The van der Waals surface area contributed by atoms with Gasteiger partial charge in [-0.2, -0.15) is 4.31 Å². The van der Waals surface area contributed by atoms with E-state index < -0.39 is 20.0 Å². The number of hydrogen-bond acceptors (Lipinski definition) is 4. The van der Waals surface area contributed by atoms with E-state index in [0.717, 1.165) is 31.2 Å². The molecule has 30 heavy (non-hydrogen) atoms. The lowest BCUT2D eigenvalue weighted by Crippen LogP contribution is -2.33. The van der Waals surface area contributed by atoms with Crippen molar-refractivity contribution in [2.45, 2.75) is 73.9 Å². The summed E-state index contributed by atoms with van der Waals surface area (Å²) in [6.45, 7) is 4.52. The minimum atomic E-state index is -3.82. The second-order valence-corrected chi connectivity index (χ2v) is 12.2. The van der Waals surface area contributed by atoms with Crippen molar-refractivity contribution in [2.24, 2.45) is 0 Å². The van der Waals surface area contributed by atoms with Gasteiger partial charge in [0.15, 0.2) is 0 Å². The van der Waals surface area contributed by atoms with Gasteiger partial charge < -0.3 is 0 Å². The predicted molar refractivity (Wildman–Crippen MR) is 116 cm³/mol. The lowest BCUT2D eigenvalue weighted by Gasteiger charge is -2.22. The summed E-state index contributed by atoms with van der Waals surface area (Å²) in [7, 11) is -7.53. The van der Waals surface area contributed by atoms with Crippen LogP contribution >= 0.6 is 0 Å². The van der Waals surface area contributed by atoms with Crippen LogP contribution in [0.2, 0.25) is 0 Å². The van der Waals surface area contributed by atoms with Gasteiger partial charge in [-0.05, 0) is 60.9 Å². The van der Waals surface area contributed by atoms with Crippen LogP contribution in [0, 0.1) is 0 Å². The van der Waals surface area contributed by atoms with Crippen molar-refractivity contribution in [1.82, 2.24) is 9.03 Å². The zero-order chi connectivity index (χ0) is 21.5. The first-order valence-corrected chi connectivity index (χ1v) is 13.3. The van der Waals surface area contributed by atoms with E-state index in [-0.39, 0.29) is 28.4 Å². The molecule has 0 atom stereocenters. The molecule has 2 fully saturated rings. The van der Waals surface area contributed by atoms with E-state index >= 15 is 0 Å². The van der Waals surface area contributed by atoms with Crippen molar-refractivity contribution in [3.63, 3.8) is 0 Å². The topological polar surface area (TPSA) is 83.6 Å². The lowest BCUT2D eigenvalue weighted by molar-refractivity contribution is 0.398. The first-order valence-electron chi connectivity index (χ1n) is 10.4. The Labute approximate surface area is 179 Å². The first-order chi connectivity index (χ1) is 14.2. The Hall–Kier alpha value is -1.74. The maximum atomic E-state index is 13.4. The molecule has 8 heteroatoms. The third-order valence-electron chi connectivity index (χ3n) is 5.56. The summed E-state index contributed by atoms with van der Waals surface area (Å²) in [6.07, 6.45) is 3.29. The highest BCUT2D eigenvalue weighted by molar-refractivity contribution is 7.90. The molecule has 0 aromatic heterocycles. The van der Waals surface area contributed by atoms with Crippen molar-refractivity contribution in [1.29, 1.82) is 0 Å². The normalized spacial score (nSPS) is 17.6. The Morgan fingerprint density at radius 1 is 0.933 bits per heavy atom. The summed E-state index contributed by atoms with van der Waals surface area (Å²) in [5, 5.41) is 0. The molecule has 0 amide bonds. The fraction of sp³-hybridized carbons (Fsp3) is 0.455. The van der Waals surface area contributed by atoms with Crippen molar-refractivity contribution < 1.29 is 16.8 Å². The number of nitrogens with one attached hydrogen (secondary N) is 1. The Balaban J connectivity index is 1.61. The Bertz CT molecular complexity index is 1120. The monoisotopic (exact) mass is 448 g/mol. The Morgan fingerprint density at radius 3 is 2.13 bits per heavy atom. The zero-order valence-corrected chi connectivity index (χ0v) is 18.9. The molecule has 2 aliphatic carbocycles. The van der Waals surface area contributed by atoms with Gasteiger partial charge in [0.1, 0.15) is 0 Å². The Morgan fingerprint density at radius 2 is 1.57 bits per heavy atom. The fourth-order valence-corrected chi connectivity index (χ4v) is 6.53. The van der Waals surface area contributed by atoms with Crippen LogP contribution in [-0.4, -0.2) is 33.2 Å². The highest BCUT2D eigenvalue weighted by Crippen LogP contribution is 2.34. The van der Waals surface area contributed by atoms with Crippen molar-refractivity contribution in [3.8, 4) is 0 Å². The zero-order valence-electron chi connectivity index (χ0n) is 17.3. The third-order valence-corrected chi connectivity index (χ3v) is 8.97. The molecule has 0 spiro atoms. The molecule has 0 radical (unpaired) electrons. The van der Waals surface area contributed by atoms with Crippen LogP contribution in [-0.2, 0) is 26.6 Å². The maximum absolute atomic E-state index is 13.4. The molecule has 6 nitrogen and oxygen atoms in total. The molecular formula is C22H28N2O4S2. The second kappa shape index (κ2) is 8.07. The SMILES string of the molecule is CC(C)c1ccc(CN(C2CC2)S(=O)(=O)c2cccc(S(=O)(=O)NC3CC3)c2)cc1. The van der Waals surface area contributed by atoms with E-state index in [2.05, 4.69) is 18.6 Å². The molecule has 4 rings (SSSR count). The molecule has 2 aromatic carbocycles. The third kappa shape index (κ3) is 4.77. The van der Waals surface area contributed by atoms with Gasteiger partial charge in [-0.3, -0.25) is 0 Å². The Kier molecular flexibility index (Phi) is 5.78. The molecule has 162 valence electrons. The van der Waals surface area contributed by atoms with Crippen molar-refractivity contribution in [2.75, 3.05) is 0 Å². The number of hydrogen-bond donors (Lipinski definition) is 1. The van der Waals surface area contributed by atoms with Crippen LogP contribution in [0.5, 0.6) is 0 Å². The minimum Gasteiger partial charge on any atom is -0.208 e. The first kappa shape index (κ1) is 21.5. The average Bonchev–Trinajstić information content (AvgIpc) is 3.62. The van der Waals surface area contributed by atoms with Crippen LogP contribution in [0.15, 0.2) is 58.3 Å². The molecule has 2 aromatic rings. The highest BCUT2D eigenvalue weighted by atomic mass is 32.2. The summed E-state index contributed by atoms with van der Waals surface area (Å²) in [6, 6.07) is 13.6. The fourth-order valence-electron chi connectivity index (χ4n) is 3.39. The number of sulfonamides is 2. The molecular weight excluding hydrogens is 420 g/mol. The molecule has 0 bridgehead atoms. The quantitative estimate of drug-likeness (QED) is 0.635. The summed E-state index contributed by atoms with van der Waals surface area (Å²) < 4.78 is 56.0. The molecule has 2 saturated carbocycles. The molecule has 0 heterocycles. The van der Waals surface area contributed by atoms with Gasteiger partial charge >= 0.3 is 0 Å². The molecule has 0 unspecified atom stereocenters. The summed E-state index contributed by atoms with van der Waals surface area (Å²) >= 11 is 0. The van der Waals surface area contributed by atoms with E-state index in [1.807, 2.05) is 24.3 Å². The minimum absolute atomic E-state index is 0.00694. The largest absolute Gasteiger partial charge is 0.243 e. The number of rotatable bonds is 9. The van der Waals surface area contributed by atoms with E-state index in [9.17, 15) is 16.8 Å². The molecule has 0 saturated heterocycles. The van der Waals surface area contributed by atoms with Crippen LogP contribution in [0.25, 0.3) is 0 Å². The highest BCUT2D eigenvalue weighted by Gasteiger charge is 2.38. The van der Waals surface area contributed by atoms with Gasteiger partial charge in [-0.1, -0.05) is 44.2 Å².